The van der Waals surface area contributed by atoms with E-state index >= 15 is 0 Å². The topological polar surface area (TPSA) is 41.6 Å². The predicted octanol–water partition coefficient (Wildman–Crippen LogP) is 3.27. The maximum atomic E-state index is 12.6. The summed E-state index contributed by atoms with van der Waals surface area (Å²) in [5, 5.41) is 3.10. The van der Waals surface area contributed by atoms with Gasteiger partial charge in [0.15, 0.2) is 0 Å². The van der Waals surface area contributed by atoms with Gasteiger partial charge in [0.05, 0.1) is 7.11 Å². The van der Waals surface area contributed by atoms with Gasteiger partial charge in [0.1, 0.15) is 5.75 Å². The summed E-state index contributed by atoms with van der Waals surface area (Å²) in [5.74, 6) is 1.07. The first kappa shape index (κ1) is 19.0. The molecule has 0 saturated carbocycles. The average Bonchev–Trinajstić information content (AvgIpc) is 2.66. The van der Waals surface area contributed by atoms with Gasteiger partial charge in [-0.25, -0.2) is 0 Å². The van der Waals surface area contributed by atoms with E-state index in [1.807, 2.05) is 42.3 Å². The number of nitrogens with zero attached hydrogens (tertiary/aromatic N) is 1. The third-order valence-electron chi connectivity index (χ3n) is 4.22. The minimum atomic E-state index is 0.215. The molecule has 0 aliphatic carbocycles. The van der Waals surface area contributed by atoms with Crippen molar-refractivity contribution < 1.29 is 9.53 Å². The van der Waals surface area contributed by atoms with E-state index in [0.717, 1.165) is 31.7 Å². The molecule has 0 atom stereocenters. The molecular formula is C21H28N2O2. The summed E-state index contributed by atoms with van der Waals surface area (Å²) >= 11 is 0. The van der Waals surface area contributed by atoms with E-state index in [1.165, 1.54) is 11.1 Å². The molecule has 134 valence electrons. The molecule has 0 radical (unpaired) electrons. The first-order valence-electron chi connectivity index (χ1n) is 8.82. The molecule has 0 bridgehead atoms. The maximum Gasteiger partial charge on any atom is 0.222 e. The Hall–Kier alpha value is -2.33. The third-order valence-corrected chi connectivity index (χ3v) is 4.22. The quantitative estimate of drug-likeness (QED) is 0.675. The smallest absolute Gasteiger partial charge is 0.222 e. The number of benzene rings is 2. The second-order valence-corrected chi connectivity index (χ2v) is 6.11. The van der Waals surface area contributed by atoms with Gasteiger partial charge in [0.25, 0.3) is 0 Å². The minimum Gasteiger partial charge on any atom is -0.497 e. The summed E-state index contributed by atoms with van der Waals surface area (Å²) < 4.78 is 5.20. The van der Waals surface area contributed by atoms with Gasteiger partial charge in [0.2, 0.25) is 5.91 Å². The third kappa shape index (κ3) is 6.59. The van der Waals surface area contributed by atoms with Gasteiger partial charge in [0, 0.05) is 19.5 Å². The molecule has 0 saturated heterocycles. The highest BCUT2D eigenvalue weighted by atomic mass is 16.5. The number of ether oxygens (including phenoxy) is 1. The van der Waals surface area contributed by atoms with Crippen LogP contribution in [0.5, 0.6) is 5.75 Å². The fourth-order valence-electron chi connectivity index (χ4n) is 2.73. The molecule has 2 aromatic rings. The van der Waals surface area contributed by atoms with Gasteiger partial charge in [-0.3, -0.25) is 4.79 Å². The largest absolute Gasteiger partial charge is 0.497 e. The molecule has 1 amide bonds. The zero-order valence-electron chi connectivity index (χ0n) is 15.2. The van der Waals surface area contributed by atoms with Crippen LogP contribution in [0.3, 0.4) is 0 Å². The number of carbonyl (C=O) groups excluding carboxylic acids is 1. The molecule has 0 unspecified atom stereocenters. The first-order valence-corrected chi connectivity index (χ1v) is 8.82. The molecule has 0 aliphatic rings. The number of hydrogen-bond acceptors (Lipinski definition) is 3. The summed E-state index contributed by atoms with van der Waals surface area (Å²) in [6, 6.07) is 18.2. The number of methoxy groups -OCH3 is 1. The monoisotopic (exact) mass is 340 g/mol. The van der Waals surface area contributed by atoms with E-state index < -0.39 is 0 Å². The van der Waals surface area contributed by atoms with E-state index in [2.05, 4.69) is 29.6 Å². The Labute approximate surface area is 150 Å². The Bertz CT molecular complexity index is 626. The molecule has 25 heavy (non-hydrogen) atoms. The number of carbonyl (C=O) groups is 1. The van der Waals surface area contributed by atoms with Crippen LogP contribution in [0.25, 0.3) is 0 Å². The molecule has 0 aromatic heterocycles. The van der Waals surface area contributed by atoms with E-state index in [-0.39, 0.29) is 5.91 Å². The molecule has 2 rings (SSSR count). The molecule has 1 N–H and O–H groups in total. The average molecular weight is 340 g/mol. The van der Waals surface area contributed by atoms with Crippen molar-refractivity contribution >= 4 is 5.91 Å². The molecule has 4 heteroatoms. The first-order chi connectivity index (χ1) is 12.2. The van der Waals surface area contributed by atoms with Crippen molar-refractivity contribution in [3.63, 3.8) is 0 Å². The van der Waals surface area contributed by atoms with Crippen LogP contribution < -0.4 is 10.1 Å². The number of nitrogens with one attached hydrogen (secondary N) is 1. The van der Waals surface area contributed by atoms with Gasteiger partial charge < -0.3 is 15.0 Å². The van der Waals surface area contributed by atoms with Crippen LogP contribution in [-0.2, 0) is 17.8 Å². The standard InChI is InChI=1S/C21H28N2O2/c1-22-15-6-9-21(24)23(17-19-7-4-3-5-8-19)16-14-18-10-12-20(25-2)13-11-18/h3-5,7-8,10-13,22H,6,9,14-17H2,1-2H3. The Morgan fingerprint density at radius 3 is 2.40 bits per heavy atom. The molecule has 2 aromatic carbocycles. The summed E-state index contributed by atoms with van der Waals surface area (Å²) in [6.07, 6.45) is 2.29. The van der Waals surface area contributed by atoms with E-state index in [0.29, 0.717) is 13.0 Å². The normalized spacial score (nSPS) is 10.5. The van der Waals surface area contributed by atoms with Crippen molar-refractivity contribution in [1.82, 2.24) is 10.2 Å². The maximum absolute atomic E-state index is 12.6. The van der Waals surface area contributed by atoms with Crippen LogP contribution in [0.1, 0.15) is 24.0 Å². The Morgan fingerprint density at radius 1 is 1.04 bits per heavy atom. The number of amides is 1. The lowest BCUT2D eigenvalue weighted by atomic mass is 10.1. The van der Waals surface area contributed by atoms with E-state index in [4.69, 9.17) is 4.74 Å². The minimum absolute atomic E-state index is 0.215. The lowest BCUT2D eigenvalue weighted by Crippen LogP contribution is -2.32. The van der Waals surface area contributed by atoms with Crippen LogP contribution >= 0.6 is 0 Å². The van der Waals surface area contributed by atoms with Gasteiger partial charge in [-0.2, -0.15) is 0 Å². The van der Waals surface area contributed by atoms with Crippen LogP contribution in [0.4, 0.5) is 0 Å². The molecule has 0 spiro atoms. The highest BCUT2D eigenvalue weighted by Gasteiger charge is 2.13. The Kier molecular flexibility index (Phi) is 7.99. The second kappa shape index (κ2) is 10.5. The van der Waals surface area contributed by atoms with Crippen molar-refractivity contribution in [1.29, 1.82) is 0 Å². The highest BCUT2D eigenvalue weighted by molar-refractivity contribution is 5.76. The van der Waals surface area contributed by atoms with E-state index in [1.54, 1.807) is 7.11 Å². The molecule has 0 fully saturated rings. The van der Waals surface area contributed by atoms with Crippen molar-refractivity contribution in [3.8, 4) is 5.75 Å². The van der Waals surface area contributed by atoms with Crippen LogP contribution in [-0.4, -0.2) is 38.1 Å². The van der Waals surface area contributed by atoms with Gasteiger partial charge in [-0.15, -0.1) is 0 Å². The molecule has 4 nitrogen and oxygen atoms in total. The zero-order chi connectivity index (χ0) is 17.9. The zero-order valence-corrected chi connectivity index (χ0v) is 15.2. The van der Waals surface area contributed by atoms with Crippen molar-refractivity contribution in [2.45, 2.75) is 25.8 Å². The summed E-state index contributed by atoms with van der Waals surface area (Å²) in [7, 11) is 3.58. The SMILES string of the molecule is CNCCCC(=O)N(CCc1ccc(OC)cc1)Cc1ccccc1. The summed E-state index contributed by atoms with van der Waals surface area (Å²) in [4.78, 5) is 14.6. The fourth-order valence-corrected chi connectivity index (χ4v) is 2.73. The number of rotatable bonds is 10. The predicted molar refractivity (Wildman–Crippen MR) is 102 cm³/mol. The van der Waals surface area contributed by atoms with Crippen molar-refractivity contribution in [2.24, 2.45) is 0 Å². The molecule has 0 aliphatic heterocycles. The number of hydrogen-bond donors (Lipinski definition) is 1. The summed E-state index contributed by atoms with van der Waals surface area (Å²) in [5.41, 5.74) is 2.38. The van der Waals surface area contributed by atoms with Gasteiger partial charge in [-0.05, 0) is 49.7 Å². The van der Waals surface area contributed by atoms with Crippen molar-refractivity contribution in [3.05, 3.63) is 65.7 Å². The van der Waals surface area contributed by atoms with Crippen LogP contribution in [0, 0.1) is 0 Å². The molecule has 0 heterocycles. The van der Waals surface area contributed by atoms with Crippen LogP contribution in [0.2, 0.25) is 0 Å². The second-order valence-electron chi connectivity index (χ2n) is 6.11. The Balaban J connectivity index is 1.98. The summed E-state index contributed by atoms with van der Waals surface area (Å²) in [6.45, 7) is 2.25. The van der Waals surface area contributed by atoms with Crippen molar-refractivity contribution in [2.75, 3.05) is 27.2 Å². The van der Waals surface area contributed by atoms with Crippen LogP contribution in [0.15, 0.2) is 54.6 Å². The van der Waals surface area contributed by atoms with Gasteiger partial charge in [-0.1, -0.05) is 42.5 Å². The Morgan fingerprint density at radius 2 is 1.76 bits per heavy atom. The fraction of sp³-hybridized carbons (Fsp3) is 0.381. The highest BCUT2D eigenvalue weighted by Crippen LogP contribution is 2.13. The molecular weight excluding hydrogens is 312 g/mol. The van der Waals surface area contributed by atoms with E-state index in [9.17, 15) is 4.79 Å². The lowest BCUT2D eigenvalue weighted by molar-refractivity contribution is -0.131. The lowest BCUT2D eigenvalue weighted by Gasteiger charge is -2.23. The van der Waals surface area contributed by atoms with Gasteiger partial charge >= 0.3 is 0 Å².